The minimum Gasteiger partial charge on any atom is -0.355 e. The maximum atomic E-state index is 4.27. The second kappa shape index (κ2) is 4.12. The quantitative estimate of drug-likeness (QED) is 0.606. The van der Waals surface area contributed by atoms with Gasteiger partial charge in [-0.25, -0.2) is 0 Å². The summed E-state index contributed by atoms with van der Waals surface area (Å²) in [4.78, 5) is 2.33. The lowest BCUT2D eigenvalue weighted by molar-refractivity contribution is 0.342. The Labute approximate surface area is 78.8 Å². The van der Waals surface area contributed by atoms with E-state index in [1.165, 1.54) is 19.3 Å². The van der Waals surface area contributed by atoms with Gasteiger partial charge in [0.25, 0.3) is 0 Å². The van der Waals surface area contributed by atoms with Crippen LogP contribution in [0.3, 0.4) is 0 Å². The van der Waals surface area contributed by atoms with Crippen molar-refractivity contribution in [3.63, 3.8) is 0 Å². The molecule has 1 N–H and O–H groups in total. The summed E-state index contributed by atoms with van der Waals surface area (Å²) in [6, 6.07) is 0. The van der Waals surface area contributed by atoms with Gasteiger partial charge >= 0.3 is 0 Å². The first-order valence-electron chi connectivity index (χ1n) is 4.88. The highest BCUT2D eigenvalue weighted by Gasteiger charge is 2.12. The maximum absolute atomic E-state index is 4.27. The van der Waals surface area contributed by atoms with Gasteiger partial charge in [-0.2, -0.15) is 5.10 Å². The number of hydrogen-bond acceptors (Lipinski definition) is 3. The Bertz CT molecular complexity index is 247. The molecule has 2 heterocycles. The van der Waals surface area contributed by atoms with Gasteiger partial charge in [0.1, 0.15) is 5.84 Å². The molecule has 2 aliphatic rings. The number of rotatable bonds is 0. The van der Waals surface area contributed by atoms with Crippen LogP contribution in [0.5, 0.6) is 0 Å². The van der Waals surface area contributed by atoms with E-state index >= 15 is 0 Å². The van der Waals surface area contributed by atoms with E-state index in [1.54, 1.807) is 0 Å². The normalized spacial score (nSPS) is 22.2. The van der Waals surface area contributed by atoms with Gasteiger partial charge in [0.05, 0.1) is 0 Å². The van der Waals surface area contributed by atoms with Gasteiger partial charge in [-0.05, 0) is 31.4 Å². The van der Waals surface area contributed by atoms with Crippen molar-refractivity contribution in [1.29, 1.82) is 0 Å². The average molecular weight is 177 g/mol. The molecule has 0 atom stereocenters. The van der Waals surface area contributed by atoms with Gasteiger partial charge in [0.15, 0.2) is 0 Å². The molecule has 0 radical (unpaired) electrons. The molecule has 70 valence electrons. The number of hydrazone groups is 1. The molecular formula is C10H15N3. The molecule has 13 heavy (non-hydrogen) atoms. The Morgan fingerprint density at radius 3 is 2.85 bits per heavy atom. The average Bonchev–Trinajstić information content (AvgIpc) is 2.47. The second-order valence-corrected chi connectivity index (χ2v) is 3.37. The molecule has 0 aromatic rings. The summed E-state index contributed by atoms with van der Waals surface area (Å²) in [6.07, 6.45) is 11.8. The summed E-state index contributed by atoms with van der Waals surface area (Å²) in [5.41, 5.74) is 2.90. The van der Waals surface area contributed by atoms with E-state index in [9.17, 15) is 0 Å². The Morgan fingerprint density at radius 2 is 2.00 bits per heavy atom. The molecule has 0 aliphatic carbocycles. The van der Waals surface area contributed by atoms with Gasteiger partial charge in [-0.1, -0.05) is 6.08 Å². The van der Waals surface area contributed by atoms with E-state index in [2.05, 4.69) is 21.5 Å². The lowest BCUT2D eigenvalue weighted by Gasteiger charge is -2.27. The monoisotopic (exact) mass is 177 g/mol. The van der Waals surface area contributed by atoms with Crippen LogP contribution in [0, 0.1) is 0 Å². The Hall–Kier alpha value is -1.25. The highest BCUT2D eigenvalue weighted by Crippen LogP contribution is 2.10. The number of amidine groups is 1. The van der Waals surface area contributed by atoms with Crippen LogP contribution >= 0.6 is 0 Å². The molecule has 0 aromatic heterocycles. The van der Waals surface area contributed by atoms with E-state index in [4.69, 9.17) is 0 Å². The lowest BCUT2D eigenvalue weighted by Crippen LogP contribution is -2.35. The van der Waals surface area contributed by atoms with Crippen molar-refractivity contribution in [3.8, 4) is 0 Å². The fourth-order valence-corrected chi connectivity index (χ4v) is 1.68. The maximum Gasteiger partial charge on any atom is 0.148 e. The predicted molar refractivity (Wildman–Crippen MR) is 54.3 cm³/mol. The molecule has 0 spiro atoms. The van der Waals surface area contributed by atoms with Crippen LogP contribution in [-0.2, 0) is 0 Å². The van der Waals surface area contributed by atoms with Gasteiger partial charge in [0.2, 0.25) is 0 Å². The summed E-state index contributed by atoms with van der Waals surface area (Å²) in [6.45, 7) is 2.29. The first kappa shape index (κ1) is 8.35. The number of hydrogen-bond donors (Lipinski definition) is 1. The Balaban J connectivity index is 2.02. The van der Waals surface area contributed by atoms with Gasteiger partial charge in [0, 0.05) is 19.3 Å². The largest absolute Gasteiger partial charge is 0.355 e. The fraction of sp³-hybridized carbons (Fsp3) is 0.500. The van der Waals surface area contributed by atoms with E-state index < -0.39 is 0 Å². The first-order valence-corrected chi connectivity index (χ1v) is 4.88. The highest BCUT2D eigenvalue weighted by molar-refractivity contribution is 5.93. The molecule has 2 aliphatic heterocycles. The van der Waals surface area contributed by atoms with Gasteiger partial charge < -0.3 is 4.90 Å². The molecule has 0 bridgehead atoms. The third kappa shape index (κ3) is 2.11. The highest BCUT2D eigenvalue weighted by atomic mass is 15.3. The summed E-state index contributed by atoms with van der Waals surface area (Å²) in [5, 5.41) is 4.27. The summed E-state index contributed by atoms with van der Waals surface area (Å²) >= 11 is 0. The molecule has 1 fully saturated rings. The van der Waals surface area contributed by atoms with E-state index in [-0.39, 0.29) is 0 Å². The van der Waals surface area contributed by atoms with Gasteiger partial charge in [-0.3, -0.25) is 5.43 Å². The molecule has 0 amide bonds. The molecule has 0 saturated carbocycles. The topological polar surface area (TPSA) is 27.6 Å². The summed E-state index contributed by atoms with van der Waals surface area (Å²) in [7, 11) is 0. The lowest BCUT2D eigenvalue weighted by atomic mass is 10.1. The summed E-state index contributed by atoms with van der Waals surface area (Å²) < 4.78 is 0. The Kier molecular flexibility index (Phi) is 2.65. The van der Waals surface area contributed by atoms with Crippen molar-refractivity contribution in [3.05, 3.63) is 24.4 Å². The summed E-state index contributed by atoms with van der Waals surface area (Å²) in [5.74, 6) is 1.06. The predicted octanol–water partition coefficient (Wildman–Crippen LogP) is 1.46. The molecule has 3 heteroatoms. The molecule has 3 nitrogen and oxygen atoms in total. The van der Waals surface area contributed by atoms with E-state index in [0.717, 1.165) is 18.9 Å². The zero-order valence-electron chi connectivity index (χ0n) is 7.74. The van der Waals surface area contributed by atoms with E-state index in [1.807, 2.05) is 18.4 Å². The number of piperidine rings is 1. The van der Waals surface area contributed by atoms with E-state index in [0.29, 0.717) is 0 Å². The number of likely N-dealkylation sites (tertiary alicyclic amines) is 1. The first-order chi connectivity index (χ1) is 6.47. The fourth-order valence-electron chi connectivity index (χ4n) is 1.68. The van der Waals surface area contributed by atoms with Crippen molar-refractivity contribution >= 4 is 5.84 Å². The molecular weight excluding hydrogens is 162 g/mol. The molecule has 2 rings (SSSR count). The van der Waals surface area contributed by atoms with Crippen molar-refractivity contribution in [2.45, 2.75) is 19.3 Å². The molecule has 1 saturated heterocycles. The molecule has 0 unspecified atom stereocenters. The SMILES string of the molecule is C1=CNN=C(N2CCCCC2)C=C1. The standard InChI is InChI=1S/C10H15N3/c1-4-8-13(9-5-1)10-6-2-3-7-11-12-10/h2-3,6-7,11H,1,4-5,8-9H2. The van der Waals surface area contributed by atoms with Crippen molar-refractivity contribution < 1.29 is 0 Å². The van der Waals surface area contributed by atoms with Gasteiger partial charge in [-0.15, -0.1) is 0 Å². The van der Waals surface area contributed by atoms with Crippen LogP contribution in [-0.4, -0.2) is 23.8 Å². The van der Waals surface area contributed by atoms with Crippen LogP contribution < -0.4 is 5.43 Å². The second-order valence-electron chi connectivity index (χ2n) is 3.37. The smallest absolute Gasteiger partial charge is 0.148 e. The Morgan fingerprint density at radius 1 is 1.15 bits per heavy atom. The number of nitrogens with one attached hydrogen (secondary N) is 1. The third-order valence-electron chi connectivity index (χ3n) is 2.39. The van der Waals surface area contributed by atoms with Crippen LogP contribution in [0.15, 0.2) is 29.5 Å². The van der Waals surface area contributed by atoms with Crippen molar-refractivity contribution in [1.82, 2.24) is 10.3 Å². The minimum absolute atomic E-state index is 1.06. The van der Waals surface area contributed by atoms with Crippen LogP contribution in [0.4, 0.5) is 0 Å². The third-order valence-corrected chi connectivity index (χ3v) is 2.39. The zero-order valence-corrected chi connectivity index (χ0v) is 7.74. The number of allylic oxidation sites excluding steroid dienone is 2. The van der Waals surface area contributed by atoms with Crippen molar-refractivity contribution in [2.75, 3.05) is 13.1 Å². The van der Waals surface area contributed by atoms with Crippen LogP contribution in [0.2, 0.25) is 0 Å². The van der Waals surface area contributed by atoms with Crippen LogP contribution in [0.1, 0.15) is 19.3 Å². The number of nitrogens with zero attached hydrogens (tertiary/aromatic N) is 2. The zero-order chi connectivity index (χ0) is 8.93. The molecule has 0 aromatic carbocycles. The van der Waals surface area contributed by atoms with Crippen LogP contribution in [0.25, 0.3) is 0 Å². The minimum atomic E-state index is 1.06. The van der Waals surface area contributed by atoms with Crippen molar-refractivity contribution in [2.24, 2.45) is 5.10 Å².